The summed E-state index contributed by atoms with van der Waals surface area (Å²) in [6, 6.07) is 5.78. The van der Waals surface area contributed by atoms with E-state index in [0.29, 0.717) is 43.6 Å². The minimum atomic E-state index is -0.976. The van der Waals surface area contributed by atoms with Gasteiger partial charge in [-0.05, 0) is 70.2 Å². The highest BCUT2D eigenvalue weighted by Crippen LogP contribution is 2.42. The monoisotopic (exact) mass is 704 g/mol. The molecule has 0 spiro atoms. The maximum absolute atomic E-state index is 17.1. The third-order valence-corrected chi connectivity index (χ3v) is 9.54. The summed E-state index contributed by atoms with van der Waals surface area (Å²) < 4.78 is 69.4. The zero-order valence-corrected chi connectivity index (χ0v) is 29.0. The summed E-state index contributed by atoms with van der Waals surface area (Å²) >= 11 is 0. The van der Waals surface area contributed by atoms with Gasteiger partial charge in [-0.2, -0.15) is 9.97 Å². The van der Waals surface area contributed by atoms with E-state index < -0.39 is 35.0 Å². The zero-order valence-electron chi connectivity index (χ0n) is 29.0. The molecule has 0 N–H and O–H groups in total. The molecule has 3 fully saturated rings. The lowest BCUT2D eigenvalue weighted by molar-refractivity contribution is 0.0272. The van der Waals surface area contributed by atoms with E-state index >= 15 is 8.78 Å². The average molecular weight is 705 g/mol. The molecule has 3 aliphatic rings. The quantitative estimate of drug-likeness (QED) is 0.151. The molecule has 0 bridgehead atoms. The van der Waals surface area contributed by atoms with Crippen molar-refractivity contribution in [3.8, 4) is 35.4 Å². The number of fused-ring (bicyclic) bond motifs is 3. The number of halogens is 3. The number of methoxy groups -OCH3 is 1. The molecule has 51 heavy (non-hydrogen) atoms. The molecule has 0 unspecified atom stereocenters. The van der Waals surface area contributed by atoms with Crippen LogP contribution in [0.25, 0.3) is 32.9 Å². The number of hydrogen-bond acceptors (Lipinski definition) is 10. The fourth-order valence-electron chi connectivity index (χ4n) is 7.41. The number of nitrogens with zero attached hydrogens (tertiary/aromatic N) is 6. The molecule has 3 saturated heterocycles. The van der Waals surface area contributed by atoms with Crippen LogP contribution in [0, 0.1) is 24.0 Å². The Hall–Kier alpha value is -4.87. The van der Waals surface area contributed by atoms with Crippen LogP contribution in [-0.2, 0) is 9.47 Å². The number of alkyl halides is 1. The van der Waals surface area contributed by atoms with E-state index in [1.54, 1.807) is 31.8 Å². The zero-order chi connectivity index (χ0) is 36.1. The summed E-state index contributed by atoms with van der Waals surface area (Å²) in [6.45, 7) is 7.11. The molecule has 268 valence electrons. The Morgan fingerprint density at radius 3 is 2.71 bits per heavy atom. The maximum atomic E-state index is 17.1. The fraction of sp³-hybridized carbons (Fsp3) is 0.459. The summed E-state index contributed by atoms with van der Waals surface area (Å²) in [5, 5.41) is 3.98. The Balaban J connectivity index is 1.39. The minimum Gasteiger partial charge on any atom is -0.468 e. The standard InChI is InChI=1S/C37H39F3N6O5/c1-6-25-28(39)10-9-22-15-24(50-21-48-5)16-26(29(22)25)31-30(40)32-27(18-41-31)33(45-13-8-14-46(45)35(47)51-36(2,3)4)43-34(42-32)49-20-37-11-7-12-44(37)19-23(38)17-37/h1,9-10,15-16,18,23H,7-8,11-14,17,19-21H2,2-5H3/t23-,37+/m1/s1. The number of anilines is 1. The van der Waals surface area contributed by atoms with Crippen molar-refractivity contribution in [1.29, 1.82) is 0 Å². The molecule has 7 rings (SSSR count). The molecule has 4 aromatic rings. The molecule has 1 amide bonds. The maximum Gasteiger partial charge on any atom is 0.429 e. The third kappa shape index (κ3) is 6.45. The van der Waals surface area contributed by atoms with Crippen LogP contribution in [0.5, 0.6) is 11.8 Å². The van der Waals surface area contributed by atoms with Gasteiger partial charge in [-0.15, -0.1) is 6.42 Å². The van der Waals surface area contributed by atoms with E-state index in [9.17, 15) is 9.18 Å². The first-order valence-electron chi connectivity index (χ1n) is 16.9. The lowest BCUT2D eigenvalue weighted by Crippen LogP contribution is -2.45. The number of pyridine rings is 1. The van der Waals surface area contributed by atoms with Gasteiger partial charge in [0.25, 0.3) is 0 Å². The Morgan fingerprint density at radius 2 is 1.94 bits per heavy atom. The van der Waals surface area contributed by atoms with Crippen LogP contribution in [0.15, 0.2) is 30.5 Å². The number of hydrogen-bond donors (Lipinski definition) is 0. The van der Waals surface area contributed by atoms with Crippen molar-refractivity contribution in [3.63, 3.8) is 0 Å². The van der Waals surface area contributed by atoms with Gasteiger partial charge in [-0.1, -0.05) is 12.0 Å². The molecular weight excluding hydrogens is 665 g/mol. The predicted molar refractivity (Wildman–Crippen MR) is 184 cm³/mol. The van der Waals surface area contributed by atoms with E-state index in [-0.39, 0.29) is 58.3 Å². The van der Waals surface area contributed by atoms with E-state index in [0.717, 1.165) is 19.4 Å². The largest absolute Gasteiger partial charge is 0.468 e. The van der Waals surface area contributed by atoms with Crippen molar-refractivity contribution < 1.29 is 36.9 Å². The first kappa shape index (κ1) is 34.6. The Bertz CT molecular complexity index is 2050. The molecule has 0 saturated carbocycles. The van der Waals surface area contributed by atoms with Gasteiger partial charge in [0.1, 0.15) is 41.2 Å². The van der Waals surface area contributed by atoms with Gasteiger partial charge < -0.3 is 18.9 Å². The lowest BCUT2D eigenvalue weighted by atomic mass is 9.95. The number of carbonyl (C=O) groups is 1. The number of terminal acetylenes is 1. The molecule has 5 heterocycles. The number of rotatable bonds is 8. The molecule has 3 aliphatic heterocycles. The third-order valence-electron chi connectivity index (χ3n) is 9.54. The second kappa shape index (κ2) is 13.4. The Morgan fingerprint density at radius 1 is 1.12 bits per heavy atom. The highest BCUT2D eigenvalue weighted by Gasteiger charge is 2.49. The molecule has 0 radical (unpaired) electrons. The molecular formula is C37H39F3N6O5. The van der Waals surface area contributed by atoms with Crippen LogP contribution < -0.4 is 14.5 Å². The van der Waals surface area contributed by atoms with E-state index in [1.165, 1.54) is 36.5 Å². The summed E-state index contributed by atoms with van der Waals surface area (Å²) in [5.74, 6) is 1.39. The predicted octanol–water partition coefficient (Wildman–Crippen LogP) is 6.40. The van der Waals surface area contributed by atoms with Gasteiger partial charge in [0.2, 0.25) is 0 Å². The summed E-state index contributed by atoms with van der Waals surface area (Å²) in [5.41, 5.74) is -1.50. The number of amides is 1. The van der Waals surface area contributed by atoms with Crippen LogP contribution >= 0.6 is 0 Å². The lowest BCUT2D eigenvalue weighted by Gasteiger charge is -2.32. The smallest absolute Gasteiger partial charge is 0.429 e. The molecule has 2 atom stereocenters. The molecule has 11 nitrogen and oxygen atoms in total. The van der Waals surface area contributed by atoms with Gasteiger partial charge in [0, 0.05) is 50.3 Å². The Kier molecular flexibility index (Phi) is 9.05. The van der Waals surface area contributed by atoms with Crippen molar-refractivity contribution >= 4 is 33.6 Å². The number of benzene rings is 2. The van der Waals surface area contributed by atoms with Crippen molar-refractivity contribution in [2.45, 2.75) is 63.8 Å². The van der Waals surface area contributed by atoms with Crippen LogP contribution in [-0.4, -0.2) is 95.0 Å². The molecule has 2 aromatic carbocycles. The highest BCUT2D eigenvalue weighted by molar-refractivity contribution is 6.03. The van der Waals surface area contributed by atoms with Crippen LogP contribution in [0.1, 0.15) is 52.0 Å². The first-order valence-corrected chi connectivity index (χ1v) is 16.9. The second-order valence-corrected chi connectivity index (χ2v) is 14.1. The molecule has 0 aliphatic carbocycles. The van der Waals surface area contributed by atoms with Crippen LogP contribution in [0.3, 0.4) is 0 Å². The van der Waals surface area contributed by atoms with Gasteiger partial charge in [-0.3, -0.25) is 14.9 Å². The van der Waals surface area contributed by atoms with E-state index in [1.807, 2.05) is 0 Å². The number of hydrazine groups is 1. The minimum absolute atomic E-state index is 0.0670. The average Bonchev–Trinajstić information content (AvgIpc) is 3.80. The number of ether oxygens (including phenoxy) is 4. The summed E-state index contributed by atoms with van der Waals surface area (Å²) in [6.07, 6.45) is 8.15. The normalized spacial score (nSPS) is 20.6. The molecule has 2 aromatic heterocycles. The van der Waals surface area contributed by atoms with Crippen LogP contribution in [0.2, 0.25) is 0 Å². The summed E-state index contributed by atoms with van der Waals surface area (Å²) in [7, 11) is 1.46. The van der Waals surface area contributed by atoms with E-state index in [2.05, 4.69) is 20.8 Å². The summed E-state index contributed by atoms with van der Waals surface area (Å²) in [4.78, 5) is 29.2. The SMILES string of the molecule is C#Cc1c(F)ccc2cc(OCOC)cc(-c3ncc4c(N5CCCN5C(=O)OC(C)(C)C)nc(OC[C@@]56CCCN5C[C@H](F)C6)nc4c3F)c12. The molecule has 14 heteroatoms. The number of aromatic nitrogens is 3. The van der Waals surface area contributed by atoms with Crippen molar-refractivity contribution in [2.75, 3.05) is 51.7 Å². The number of carbonyl (C=O) groups excluding carboxylic acids is 1. The van der Waals surface area contributed by atoms with Crippen molar-refractivity contribution in [2.24, 2.45) is 0 Å². The van der Waals surface area contributed by atoms with Gasteiger partial charge in [-0.25, -0.2) is 23.0 Å². The topological polar surface area (TPSA) is 102 Å². The van der Waals surface area contributed by atoms with Crippen molar-refractivity contribution in [3.05, 3.63) is 47.7 Å². The van der Waals surface area contributed by atoms with E-state index in [4.69, 9.17) is 30.4 Å². The fourth-order valence-corrected chi connectivity index (χ4v) is 7.41. The second-order valence-electron chi connectivity index (χ2n) is 14.1. The van der Waals surface area contributed by atoms with Crippen molar-refractivity contribution in [1.82, 2.24) is 24.9 Å². The van der Waals surface area contributed by atoms with Gasteiger partial charge in [0.15, 0.2) is 18.4 Å². The highest BCUT2D eigenvalue weighted by atomic mass is 19.1. The first-order chi connectivity index (χ1) is 24.4. The van der Waals surface area contributed by atoms with Gasteiger partial charge in [0.05, 0.1) is 16.5 Å². The Labute approximate surface area is 293 Å². The van der Waals surface area contributed by atoms with Crippen LogP contribution in [0.4, 0.5) is 23.8 Å². The van der Waals surface area contributed by atoms with Gasteiger partial charge >= 0.3 is 12.1 Å².